The van der Waals surface area contributed by atoms with Crippen molar-refractivity contribution in [2.75, 3.05) is 41.9 Å². The normalized spacial score (nSPS) is 14.6. The lowest BCUT2D eigenvalue weighted by molar-refractivity contribution is 0.0998. The first-order valence-corrected chi connectivity index (χ1v) is 6.97. The van der Waals surface area contributed by atoms with Gasteiger partial charge in [-0.25, -0.2) is 0 Å². The SMILES string of the molecule is CNC(CC(C)OC)c1c(OC)cnn1CCN(C)C. The second-order valence-corrected chi connectivity index (χ2v) is 5.25. The van der Waals surface area contributed by atoms with Crippen LogP contribution in [-0.4, -0.2) is 62.7 Å². The minimum Gasteiger partial charge on any atom is -0.493 e. The van der Waals surface area contributed by atoms with Crippen molar-refractivity contribution in [3.05, 3.63) is 11.9 Å². The summed E-state index contributed by atoms with van der Waals surface area (Å²) in [5, 5.41) is 7.78. The number of rotatable bonds is 9. The molecule has 2 unspecified atom stereocenters. The summed E-state index contributed by atoms with van der Waals surface area (Å²) in [6.45, 7) is 3.84. The highest BCUT2D eigenvalue weighted by molar-refractivity contribution is 5.28. The van der Waals surface area contributed by atoms with Crippen LogP contribution in [0, 0.1) is 0 Å². The summed E-state index contributed by atoms with van der Waals surface area (Å²) in [4.78, 5) is 2.14. The van der Waals surface area contributed by atoms with Crippen molar-refractivity contribution in [2.24, 2.45) is 0 Å². The average Bonchev–Trinajstić information content (AvgIpc) is 2.84. The summed E-state index contributed by atoms with van der Waals surface area (Å²) in [7, 11) is 9.49. The molecule has 0 saturated carbocycles. The van der Waals surface area contributed by atoms with Gasteiger partial charge < -0.3 is 19.7 Å². The fraction of sp³-hybridized carbons (Fsp3) is 0.786. The van der Waals surface area contributed by atoms with Gasteiger partial charge in [-0.3, -0.25) is 4.68 Å². The minimum atomic E-state index is 0.157. The molecule has 20 heavy (non-hydrogen) atoms. The predicted octanol–water partition coefficient (Wildman–Crippen LogP) is 1.14. The molecule has 0 aliphatic rings. The number of likely N-dealkylation sites (N-methyl/N-ethyl adjacent to an activating group) is 1. The summed E-state index contributed by atoms with van der Waals surface area (Å²) in [6.07, 6.45) is 2.83. The van der Waals surface area contributed by atoms with Crippen molar-refractivity contribution < 1.29 is 9.47 Å². The summed E-state index contributed by atoms with van der Waals surface area (Å²) < 4.78 is 12.8. The number of hydrogen-bond acceptors (Lipinski definition) is 5. The van der Waals surface area contributed by atoms with Crippen LogP contribution in [0.15, 0.2) is 6.20 Å². The molecule has 0 aliphatic heterocycles. The molecule has 0 aliphatic carbocycles. The number of aromatic nitrogens is 2. The van der Waals surface area contributed by atoms with E-state index >= 15 is 0 Å². The maximum atomic E-state index is 5.45. The molecule has 0 aromatic carbocycles. The zero-order chi connectivity index (χ0) is 15.1. The van der Waals surface area contributed by atoms with E-state index in [0.717, 1.165) is 31.0 Å². The van der Waals surface area contributed by atoms with Crippen LogP contribution in [0.4, 0.5) is 0 Å². The van der Waals surface area contributed by atoms with Crippen LogP contribution >= 0.6 is 0 Å². The van der Waals surface area contributed by atoms with Crippen molar-refractivity contribution in [2.45, 2.75) is 32.0 Å². The Balaban J connectivity index is 2.95. The van der Waals surface area contributed by atoms with Crippen molar-refractivity contribution in [3.63, 3.8) is 0 Å². The monoisotopic (exact) mass is 284 g/mol. The molecular weight excluding hydrogens is 256 g/mol. The van der Waals surface area contributed by atoms with Gasteiger partial charge in [0.25, 0.3) is 0 Å². The van der Waals surface area contributed by atoms with Crippen LogP contribution in [0.3, 0.4) is 0 Å². The molecule has 6 heteroatoms. The number of nitrogens with one attached hydrogen (secondary N) is 1. The predicted molar refractivity (Wildman–Crippen MR) is 80.2 cm³/mol. The van der Waals surface area contributed by atoms with Gasteiger partial charge >= 0.3 is 0 Å². The first kappa shape index (κ1) is 16.9. The van der Waals surface area contributed by atoms with Crippen molar-refractivity contribution in [1.29, 1.82) is 0 Å². The molecule has 2 atom stereocenters. The van der Waals surface area contributed by atoms with Gasteiger partial charge in [0.15, 0.2) is 5.75 Å². The van der Waals surface area contributed by atoms with Crippen LogP contribution in [0.5, 0.6) is 5.75 Å². The van der Waals surface area contributed by atoms with Crippen LogP contribution in [-0.2, 0) is 11.3 Å². The molecule has 1 heterocycles. The maximum absolute atomic E-state index is 5.45. The topological polar surface area (TPSA) is 51.5 Å². The zero-order valence-electron chi connectivity index (χ0n) is 13.5. The first-order chi connectivity index (χ1) is 9.53. The summed E-state index contributed by atoms with van der Waals surface area (Å²) in [6, 6.07) is 0.157. The zero-order valence-corrected chi connectivity index (χ0v) is 13.5. The molecule has 1 aromatic rings. The van der Waals surface area contributed by atoms with Gasteiger partial charge in [-0.1, -0.05) is 0 Å². The Morgan fingerprint density at radius 2 is 2.10 bits per heavy atom. The van der Waals surface area contributed by atoms with E-state index in [-0.39, 0.29) is 12.1 Å². The van der Waals surface area contributed by atoms with Crippen LogP contribution < -0.4 is 10.1 Å². The lowest BCUT2D eigenvalue weighted by Gasteiger charge is -2.22. The number of methoxy groups -OCH3 is 2. The summed E-state index contributed by atoms with van der Waals surface area (Å²) >= 11 is 0. The molecule has 0 bridgehead atoms. The third kappa shape index (κ3) is 4.47. The molecule has 1 rings (SSSR count). The highest BCUT2D eigenvalue weighted by Gasteiger charge is 2.22. The number of hydrogen-bond donors (Lipinski definition) is 1. The second kappa shape index (κ2) is 8.24. The molecule has 116 valence electrons. The van der Waals surface area contributed by atoms with Gasteiger partial charge in [-0.15, -0.1) is 0 Å². The Bertz CT molecular complexity index is 393. The number of ether oxygens (including phenoxy) is 2. The van der Waals surface area contributed by atoms with Crippen molar-refractivity contribution in [3.8, 4) is 5.75 Å². The van der Waals surface area contributed by atoms with E-state index in [0.29, 0.717) is 0 Å². The minimum absolute atomic E-state index is 0.157. The third-order valence-electron chi connectivity index (χ3n) is 3.47. The highest BCUT2D eigenvalue weighted by atomic mass is 16.5. The van der Waals surface area contributed by atoms with E-state index in [1.807, 2.05) is 11.7 Å². The molecule has 0 saturated heterocycles. The molecule has 0 amide bonds. The van der Waals surface area contributed by atoms with E-state index in [4.69, 9.17) is 9.47 Å². The highest BCUT2D eigenvalue weighted by Crippen LogP contribution is 2.28. The maximum Gasteiger partial charge on any atom is 0.161 e. The Morgan fingerprint density at radius 3 is 2.60 bits per heavy atom. The molecule has 1 N–H and O–H groups in total. The van der Waals surface area contributed by atoms with Crippen molar-refractivity contribution >= 4 is 0 Å². The van der Waals surface area contributed by atoms with Gasteiger partial charge in [0.2, 0.25) is 0 Å². The van der Waals surface area contributed by atoms with Gasteiger partial charge in [0.05, 0.1) is 37.7 Å². The fourth-order valence-corrected chi connectivity index (χ4v) is 2.15. The largest absolute Gasteiger partial charge is 0.493 e. The van der Waals surface area contributed by atoms with E-state index in [1.54, 1.807) is 20.4 Å². The molecule has 0 radical (unpaired) electrons. The second-order valence-electron chi connectivity index (χ2n) is 5.25. The van der Waals surface area contributed by atoms with E-state index in [1.165, 1.54) is 0 Å². The van der Waals surface area contributed by atoms with Gasteiger partial charge in [0.1, 0.15) is 0 Å². The Hall–Kier alpha value is -1.11. The van der Waals surface area contributed by atoms with E-state index < -0.39 is 0 Å². The smallest absolute Gasteiger partial charge is 0.161 e. The van der Waals surface area contributed by atoms with Crippen LogP contribution in [0.25, 0.3) is 0 Å². The lowest BCUT2D eigenvalue weighted by atomic mass is 10.1. The van der Waals surface area contributed by atoms with Crippen LogP contribution in [0.2, 0.25) is 0 Å². The number of nitrogens with zero attached hydrogens (tertiary/aromatic N) is 3. The quantitative estimate of drug-likeness (QED) is 0.737. The van der Waals surface area contributed by atoms with Gasteiger partial charge in [-0.2, -0.15) is 5.10 Å². The fourth-order valence-electron chi connectivity index (χ4n) is 2.15. The van der Waals surface area contributed by atoms with Gasteiger partial charge in [-0.05, 0) is 34.5 Å². The van der Waals surface area contributed by atoms with Gasteiger partial charge in [0, 0.05) is 13.7 Å². The van der Waals surface area contributed by atoms with E-state index in [9.17, 15) is 0 Å². The first-order valence-electron chi connectivity index (χ1n) is 6.97. The Kier molecular flexibility index (Phi) is 6.98. The third-order valence-corrected chi connectivity index (χ3v) is 3.47. The molecule has 0 fully saturated rings. The van der Waals surface area contributed by atoms with Crippen LogP contribution in [0.1, 0.15) is 25.1 Å². The van der Waals surface area contributed by atoms with Crippen molar-refractivity contribution in [1.82, 2.24) is 20.0 Å². The lowest BCUT2D eigenvalue weighted by Crippen LogP contribution is -2.27. The average molecular weight is 284 g/mol. The Labute approximate surface area is 122 Å². The molecule has 0 spiro atoms. The molecule has 1 aromatic heterocycles. The summed E-state index contributed by atoms with van der Waals surface area (Å²) in [5.74, 6) is 0.825. The van der Waals surface area contributed by atoms with E-state index in [2.05, 4.69) is 36.3 Å². The molecule has 6 nitrogen and oxygen atoms in total. The molecular formula is C14H28N4O2. The standard InChI is InChI=1S/C14H28N4O2/c1-11(19-5)9-12(15-2)14-13(20-6)10-16-18(14)8-7-17(3)4/h10-12,15H,7-9H2,1-6H3. The Morgan fingerprint density at radius 1 is 1.40 bits per heavy atom. The summed E-state index contributed by atoms with van der Waals surface area (Å²) in [5.41, 5.74) is 1.08.